The Balaban J connectivity index is 2.16. The first kappa shape index (κ1) is 12.5. The van der Waals surface area contributed by atoms with Crippen molar-refractivity contribution in [3.8, 4) is 0 Å². The van der Waals surface area contributed by atoms with Crippen LogP contribution in [-0.4, -0.2) is 27.5 Å². The van der Waals surface area contributed by atoms with Crippen LogP contribution in [0.25, 0.3) is 0 Å². The van der Waals surface area contributed by atoms with E-state index >= 15 is 0 Å². The number of rotatable bonds is 3. The summed E-state index contributed by atoms with van der Waals surface area (Å²) in [6.45, 7) is 3.50. The zero-order chi connectivity index (χ0) is 12.3. The monoisotopic (exact) mass is 254 g/mol. The lowest BCUT2D eigenvalue weighted by molar-refractivity contribution is 0.428. The van der Waals surface area contributed by atoms with Crippen LogP contribution in [0.4, 0.5) is 0 Å². The predicted molar refractivity (Wildman–Crippen MR) is 67.4 cm³/mol. The second-order valence-electron chi connectivity index (χ2n) is 4.43. The third-order valence-electron chi connectivity index (χ3n) is 3.00. The predicted octanol–water partition coefficient (Wildman–Crippen LogP) is 1.03. The highest BCUT2D eigenvalue weighted by Gasteiger charge is 2.22. The molecule has 0 radical (unpaired) electrons. The molecule has 94 valence electrons. The molecule has 2 rings (SSSR count). The molecule has 0 spiro atoms. The van der Waals surface area contributed by atoms with Gasteiger partial charge in [-0.3, -0.25) is 0 Å². The van der Waals surface area contributed by atoms with Crippen LogP contribution >= 0.6 is 0 Å². The van der Waals surface area contributed by atoms with Gasteiger partial charge in [0.05, 0.1) is 4.90 Å². The minimum atomic E-state index is -3.38. The number of sulfonamides is 1. The van der Waals surface area contributed by atoms with Crippen molar-refractivity contribution in [1.29, 1.82) is 0 Å². The molecule has 0 saturated carbocycles. The average molecular weight is 254 g/mol. The van der Waals surface area contributed by atoms with E-state index in [1.165, 1.54) is 0 Å². The molecule has 0 aromatic heterocycles. The van der Waals surface area contributed by atoms with Gasteiger partial charge in [0.15, 0.2) is 0 Å². The van der Waals surface area contributed by atoms with Gasteiger partial charge in [0.1, 0.15) is 0 Å². The van der Waals surface area contributed by atoms with Crippen molar-refractivity contribution in [2.75, 3.05) is 13.1 Å². The zero-order valence-electron chi connectivity index (χ0n) is 9.94. The molecular weight excluding hydrogens is 236 g/mol. The Kier molecular flexibility index (Phi) is 3.81. The third kappa shape index (κ3) is 3.06. The molecule has 1 saturated heterocycles. The highest BCUT2D eigenvalue weighted by Crippen LogP contribution is 2.15. The first-order valence-electron chi connectivity index (χ1n) is 5.88. The quantitative estimate of drug-likeness (QED) is 0.847. The molecule has 1 aliphatic rings. The Morgan fingerprint density at radius 3 is 2.76 bits per heavy atom. The molecule has 1 fully saturated rings. The minimum absolute atomic E-state index is 0.00774. The van der Waals surface area contributed by atoms with Crippen LogP contribution in [0, 0.1) is 6.92 Å². The molecule has 0 aliphatic carbocycles. The van der Waals surface area contributed by atoms with Gasteiger partial charge in [-0.1, -0.05) is 18.2 Å². The summed E-state index contributed by atoms with van der Waals surface area (Å²) in [7, 11) is -3.38. The van der Waals surface area contributed by atoms with Crippen LogP contribution < -0.4 is 10.0 Å². The fourth-order valence-corrected chi connectivity index (χ4v) is 3.61. The molecule has 17 heavy (non-hydrogen) atoms. The van der Waals surface area contributed by atoms with E-state index in [1.807, 2.05) is 19.1 Å². The second-order valence-corrected chi connectivity index (χ2v) is 6.11. The molecule has 1 aromatic rings. The van der Waals surface area contributed by atoms with E-state index in [1.54, 1.807) is 12.1 Å². The van der Waals surface area contributed by atoms with Gasteiger partial charge in [-0.15, -0.1) is 0 Å². The van der Waals surface area contributed by atoms with Gasteiger partial charge >= 0.3 is 0 Å². The van der Waals surface area contributed by atoms with E-state index in [0.717, 1.165) is 24.9 Å². The summed E-state index contributed by atoms with van der Waals surface area (Å²) in [5.41, 5.74) is 0.781. The zero-order valence-corrected chi connectivity index (χ0v) is 10.8. The summed E-state index contributed by atoms with van der Waals surface area (Å²) in [5, 5.41) is 3.20. The molecular formula is C12H18N2O2S. The van der Waals surface area contributed by atoms with E-state index < -0.39 is 10.0 Å². The fourth-order valence-electron chi connectivity index (χ4n) is 2.09. The fraction of sp³-hybridized carbons (Fsp3) is 0.500. The van der Waals surface area contributed by atoms with Crippen LogP contribution in [0.1, 0.15) is 18.4 Å². The highest BCUT2D eigenvalue weighted by atomic mass is 32.2. The van der Waals surface area contributed by atoms with Crippen molar-refractivity contribution < 1.29 is 8.42 Å². The molecule has 1 aromatic carbocycles. The summed E-state index contributed by atoms with van der Waals surface area (Å²) in [6.07, 6.45) is 1.92. The molecule has 4 nitrogen and oxygen atoms in total. The molecule has 1 aliphatic heterocycles. The standard InChI is InChI=1S/C12H18N2O2S/c1-10-5-2-3-7-12(10)17(15,16)14-11-6-4-8-13-9-11/h2-3,5,7,11,13-14H,4,6,8-9H2,1H3/t11-/m1/s1. The molecule has 0 amide bonds. The van der Waals surface area contributed by atoms with Gasteiger partial charge in [0.2, 0.25) is 10.0 Å². The Morgan fingerprint density at radius 1 is 1.35 bits per heavy atom. The lowest BCUT2D eigenvalue weighted by Crippen LogP contribution is -2.45. The van der Waals surface area contributed by atoms with E-state index in [9.17, 15) is 8.42 Å². The van der Waals surface area contributed by atoms with E-state index in [4.69, 9.17) is 0 Å². The highest BCUT2D eigenvalue weighted by molar-refractivity contribution is 7.89. The van der Waals surface area contributed by atoms with E-state index in [-0.39, 0.29) is 6.04 Å². The molecule has 0 unspecified atom stereocenters. The molecule has 1 heterocycles. The van der Waals surface area contributed by atoms with Crippen molar-refractivity contribution >= 4 is 10.0 Å². The van der Waals surface area contributed by atoms with Crippen LogP contribution in [0.5, 0.6) is 0 Å². The third-order valence-corrected chi connectivity index (χ3v) is 4.68. The minimum Gasteiger partial charge on any atom is -0.315 e. The van der Waals surface area contributed by atoms with E-state index in [0.29, 0.717) is 11.4 Å². The molecule has 5 heteroatoms. The summed E-state index contributed by atoms with van der Waals surface area (Å²) in [5.74, 6) is 0. The van der Waals surface area contributed by atoms with Gasteiger partial charge in [-0.25, -0.2) is 13.1 Å². The van der Waals surface area contributed by atoms with E-state index in [2.05, 4.69) is 10.0 Å². The van der Waals surface area contributed by atoms with Crippen molar-refractivity contribution in [2.45, 2.75) is 30.7 Å². The van der Waals surface area contributed by atoms with Crippen molar-refractivity contribution in [3.05, 3.63) is 29.8 Å². The molecule has 2 N–H and O–H groups in total. The Labute approximate surface area is 102 Å². The van der Waals surface area contributed by atoms with Gasteiger partial charge in [0, 0.05) is 12.6 Å². The number of benzene rings is 1. The lowest BCUT2D eigenvalue weighted by Gasteiger charge is -2.23. The maximum Gasteiger partial charge on any atom is 0.241 e. The smallest absolute Gasteiger partial charge is 0.241 e. The number of aryl methyl sites for hydroxylation is 1. The normalized spacial score (nSPS) is 21.4. The van der Waals surface area contributed by atoms with Gasteiger partial charge in [-0.2, -0.15) is 0 Å². The van der Waals surface area contributed by atoms with Crippen molar-refractivity contribution in [1.82, 2.24) is 10.0 Å². The summed E-state index contributed by atoms with van der Waals surface area (Å²) < 4.78 is 27.1. The van der Waals surface area contributed by atoms with Crippen LogP contribution in [-0.2, 0) is 10.0 Å². The van der Waals surface area contributed by atoms with Gasteiger partial charge < -0.3 is 5.32 Å². The first-order valence-corrected chi connectivity index (χ1v) is 7.36. The largest absolute Gasteiger partial charge is 0.315 e. The first-order chi connectivity index (χ1) is 8.09. The Bertz CT molecular complexity index is 479. The summed E-state index contributed by atoms with van der Waals surface area (Å²) in [6, 6.07) is 7.06. The number of nitrogens with one attached hydrogen (secondary N) is 2. The van der Waals surface area contributed by atoms with Gasteiger partial charge in [0.25, 0.3) is 0 Å². The molecule has 1 atom stereocenters. The molecule has 0 bridgehead atoms. The summed E-state index contributed by atoms with van der Waals surface area (Å²) in [4.78, 5) is 0.380. The second kappa shape index (κ2) is 5.16. The average Bonchev–Trinajstić information content (AvgIpc) is 2.30. The Hall–Kier alpha value is -0.910. The lowest BCUT2D eigenvalue weighted by atomic mass is 10.1. The SMILES string of the molecule is Cc1ccccc1S(=O)(=O)N[C@@H]1CCCNC1. The van der Waals surface area contributed by atoms with Crippen molar-refractivity contribution in [3.63, 3.8) is 0 Å². The van der Waals surface area contributed by atoms with Gasteiger partial charge in [-0.05, 0) is 37.9 Å². The van der Waals surface area contributed by atoms with Crippen LogP contribution in [0.2, 0.25) is 0 Å². The Morgan fingerprint density at radius 2 is 2.12 bits per heavy atom. The van der Waals surface area contributed by atoms with Crippen LogP contribution in [0.3, 0.4) is 0 Å². The number of hydrogen-bond acceptors (Lipinski definition) is 3. The number of piperidine rings is 1. The summed E-state index contributed by atoms with van der Waals surface area (Å²) >= 11 is 0. The maximum atomic E-state index is 12.2. The number of hydrogen-bond donors (Lipinski definition) is 2. The van der Waals surface area contributed by atoms with Crippen LogP contribution in [0.15, 0.2) is 29.2 Å². The van der Waals surface area contributed by atoms with Crippen molar-refractivity contribution in [2.24, 2.45) is 0 Å². The topological polar surface area (TPSA) is 58.2 Å². The maximum absolute atomic E-state index is 12.2.